The quantitative estimate of drug-likeness (QED) is 0.921. The normalized spacial score (nSPS) is 19.9. The Kier molecular flexibility index (Phi) is 5.48. The van der Waals surface area contributed by atoms with Crippen molar-refractivity contribution >= 4 is 22.4 Å². The highest BCUT2D eigenvalue weighted by Gasteiger charge is 2.36. The predicted octanol–water partition coefficient (Wildman–Crippen LogP) is 1.81. The number of nitrogens with two attached hydrogens (primary N) is 1. The first-order valence-corrected chi connectivity index (χ1v) is 7.49. The molecule has 1 saturated heterocycles. The Labute approximate surface area is 123 Å². The van der Waals surface area contributed by atoms with E-state index in [-0.39, 0.29) is 30.6 Å². The molecule has 2 N–H and O–H groups in total. The van der Waals surface area contributed by atoms with Gasteiger partial charge in [0.15, 0.2) is 0 Å². The molecule has 0 saturated carbocycles. The van der Waals surface area contributed by atoms with Gasteiger partial charge in [0.05, 0.1) is 0 Å². The van der Waals surface area contributed by atoms with E-state index in [9.17, 15) is 17.2 Å². The molecule has 8 heteroatoms. The van der Waals surface area contributed by atoms with E-state index in [0.717, 1.165) is 6.07 Å². The molecule has 0 radical (unpaired) electrons. The van der Waals surface area contributed by atoms with Crippen molar-refractivity contribution in [1.82, 2.24) is 4.31 Å². The average Bonchev–Trinajstić information content (AvgIpc) is 2.82. The number of halogens is 3. The van der Waals surface area contributed by atoms with E-state index in [4.69, 9.17) is 5.73 Å². The zero-order valence-corrected chi connectivity index (χ0v) is 12.6. The van der Waals surface area contributed by atoms with Gasteiger partial charge < -0.3 is 5.73 Å². The number of hydrogen-bond donors (Lipinski definition) is 1. The van der Waals surface area contributed by atoms with E-state index in [1.165, 1.54) is 11.2 Å². The Hall–Kier alpha value is -0.760. The van der Waals surface area contributed by atoms with Crippen molar-refractivity contribution in [2.24, 2.45) is 5.73 Å². The summed E-state index contributed by atoms with van der Waals surface area (Å²) in [4.78, 5) is -0.480. The van der Waals surface area contributed by atoms with Crippen LogP contribution in [0, 0.1) is 18.6 Å². The fourth-order valence-electron chi connectivity index (χ4n) is 2.32. The molecule has 114 valence electrons. The monoisotopic (exact) mass is 326 g/mol. The SMILES string of the molecule is Cc1cc(S(=O)(=O)N2CCCC2CN)c(F)cc1F.Cl. The molecular formula is C12H17ClF2N2O2S. The van der Waals surface area contributed by atoms with Gasteiger partial charge in [-0.1, -0.05) is 0 Å². The maximum absolute atomic E-state index is 13.7. The van der Waals surface area contributed by atoms with Gasteiger partial charge in [-0.25, -0.2) is 17.2 Å². The molecule has 1 aromatic carbocycles. The lowest BCUT2D eigenvalue weighted by Crippen LogP contribution is -2.40. The van der Waals surface area contributed by atoms with Crippen LogP contribution in [0.1, 0.15) is 18.4 Å². The lowest BCUT2D eigenvalue weighted by Gasteiger charge is -2.23. The van der Waals surface area contributed by atoms with Crippen LogP contribution in [-0.2, 0) is 10.0 Å². The van der Waals surface area contributed by atoms with Crippen molar-refractivity contribution in [2.45, 2.75) is 30.7 Å². The number of nitrogens with zero attached hydrogens (tertiary/aromatic N) is 1. The average molecular weight is 327 g/mol. The number of aryl methyl sites for hydroxylation is 1. The van der Waals surface area contributed by atoms with E-state index in [0.29, 0.717) is 25.5 Å². The van der Waals surface area contributed by atoms with E-state index in [1.807, 2.05) is 0 Å². The zero-order valence-electron chi connectivity index (χ0n) is 11.0. The third kappa shape index (κ3) is 2.95. The highest BCUT2D eigenvalue weighted by Crippen LogP contribution is 2.28. The topological polar surface area (TPSA) is 63.4 Å². The molecule has 1 aromatic rings. The summed E-state index contributed by atoms with van der Waals surface area (Å²) in [6.07, 6.45) is 1.36. The van der Waals surface area contributed by atoms with Crippen LogP contribution in [0.2, 0.25) is 0 Å². The van der Waals surface area contributed by atoms with Crippen molar-refractivity contribution in [3.8, 4) is 0 Å². The summed E-state index contributed by atoms with van der Waals surface area (Å²) in [5, 5.41) is 0. The molecule has 0 aliphatic carbocycles. The van der Waals surface area contributed by atoms with Crippen LogP contribution in [0.3, 0.4) is 0 Å². The van der Waals surface area contributed by atoms with Crippen molar-refractivity contribution in [3.05, 3.63) is 29.3 Å². The van der Waals surface area contributed by atoms with Gasteiger partial charge >= 0.3 is 0 Å². The van der Waals surface area contributed by atoms with Gasteiger partial charge in [-0.3, -0.25) is 0 Å². The minimum atomic E-state index is -3.96. The second-order valence-electron chi connectivity index (χ2n) is 4.68. The lowest BCUT2D eigenvalue weighted by molar-refractivity contribution is 0.390. The van der Waals surface area contributed by atoms with Crippen molar-refractivity contribution < 1.29 is 17.2 Å². The summed E-state index contributed by atoms with van der Waals surface area (Å²) in [5.74, 6) is -1.82. The van der Waals surface area contributed by atoms with Crippen LogP contribution in [0.15, 0.2) is 17.0 Å². The van der Waals surface area contributed by atoms with Crippen LogP contribution in [0.5, 0.6) is 0 Å². The van der Waals surface area contributed by atoms with Gasteiger partial charge in [-0.05, 0) is 31.4 Å². The maximum atomic E-state index is 13.7. The molecule has 0 aromatic heterocycles. The first-order valence-electron chi connectivity index (χ1n) is 6.05. The van der Waals surface area contributed by atoms with Crippen LogP contribution in [-0.4, -0.2) is 31.9 Å². The van der Waals surface area contributed by atoms with E-state index in [2.05, 4.69) is 0 Å². The van der Waals surface area contributed by atoms with Gasteiger partial charge in [0.25, 0.3) is 0 Å². The number of sulfonamides is 1. The van der Waals surface area contributed by atoms with Gasteiger partial charge in [0.1, 0.15) is 16.5 Å². The molecule has 1 heterocycles. The Bertz CT molecular complexity index is 595. The highest BCUT2D eigenvalue weighted by molar-refractivity contribution is 7.89. The van der Waals surface area contributed by atoms with E-state index >= 15 is 0 Å². The summed E-state index contributed by atoms with van der Waals surface area (Å²) in [6, 6.07) is 1.33. The molecule has 1 aliphatic heterocycles. The van der Waals surface area contributed by atoms with Gasteiger partial charge in [0, 0.05) is 25.2 Å². The molecule has 2 rings (SSSR count). The van der Waals surface area contributed by atoms with Crippen LogP contribution < -0.4 is 5.73 Å². The summed E-state index contributed by atoms with van der Waals surface area (Å²) < 4.78 is 52.9. The van der Waals surface area contributed by atoms with Crippen molar-refractivity contribution in [3.63, 3.8) is 0 Å². The largest absolute Gasteiger partial charge is 0.329 e. The molecule has 0 bridgehead atoms. The lowest BCUT2D eigenvalue weighted by atomic mass is 10.2. The third-order valence-electron chi connectivity index (χ3n) is 3.39. The molecular weight excluding hydrogens is 310 g/mol. The van der Waals surface area contributed by atoms with Gasteiger partial charge in [0.2, 0.25) is 10.0 Å². The predicted molar refractivity (Wildman–Crippen MR) is 74.3 cm³/mol. The zero-order chi connectivity index (χ0) is 14.2. The first kappa shape index (κ1) is 17.3. The Morgan fingerprint density at radius 1 is 1.35 bits per heavy atom. The summed E-state index contributed by atoms with van der Waals surface area (Å²) in [5.41, 5.74) is 5.63. The van der Waals surface area contributed by atoms with Crippen LogP contribution >= 0.6 is 12.4 Å². The summed E-state index contributed by atoms with van der Waals surface area (Å²) >= 11 is 0. The van der Waals surface area contributed by atoms with Crippen molar-refractivity contribution in [2.75, 3.05) is 13.1 Å². The molecule has 4 nitrogen and oxygen atoms in total. The van der Waals surface area contributed by atoms with Crippen molar-refractivity contribution in [1.29, 1.82) is 0 Å². The molecule has 0 spiro atoms. The Morgan fingerprint density at radius 3 is 2.60 bits per heavy atom. The molecule has 1 aliphatic rings. The summed E-state index contributed by atoms with van der Waals surface area (Å²) in [6.45, 7) is 1.92. The number of rotatable bonds is 3. The van der Waals surface area contributed by atoms with E-state index < -0.39 is 26.6 Å². The second kappa shape index (κ2) is 6.34. The fraction of sp³-hybridized carbons (Fsp3) is 0.500. The Balaban J connectivity index is 0.00000200. The molecule has 1 fully saturated rings. The molecule has 20 heavy (non-hydrogen) atoms. The second-order valence-corrected chi connectivity index (χ2v) is 6.54. The van der Waals surface area contributed by atoms with E-state index in [1.54, 1.807) is 0 Å². The molecule has 1 unspecified atom stereocenters. The minimum absolute atomic E-state index is 0. The standard InChI is InChI=1S/C12H16F2N2O2S.ClH/c1-8-5-12(11(14)6-10(8)13)19(17,18)16-4-2-3-9(16)7-15;/h5-6,9H,2-4,7,15H2,1H3;1H. The van der Waals surface area contributed by atoms with Crippen LogP contribution in [0.25, 0.3) is 0 Å². The molecule has 0 amide bonds. The third-order valence-corrected chi connectivity index (χ3v) is 5.36. The fourth-order valence-corrected chi connectivity index (χ4v) is 4.15. The number of benzene rings is 1. The van der Waals surface area contributed by atoms with Crippen LogP contribution in [0.4, 0.5) is 8.78 Å². The van der Waals surface area contributed by atoms with Gasteiger partial charge in [-0.15, -0.1) is 12.4 Å². The first-order chi connectivity index (χ1) is 8.87. The number of hydrogen-bond acceptors (Lipinski definition) is 3. The van der Waals surface area contributed by atoms with Gasteiger partial charge in [-0.2, -0.15) is 4.31 Å². The minimum Gasteiger partial charge on any atom is -0.329 e. The smallest absolute Gasteiger partial charge is 0.246 e. The Morgan fingerprint density at radius 2 is 2.00 bits per heavy atom. The highest BCUT2D eigenvalue weighted by atomic mass is 35.5. The maximum Gasteiger partial charge on any atom is 0.246 e. The molecule has 1 atom stereocenters. The summed E-state index contributed by atoms with van der Waals surface area (Å²) in [7, 11) is -3.96.